The Bertz CT molecular complexity index is 922. The van der Waals surface area contributed by atoms with E-state index in [0.29, 0.717) is 5.69 Å². The van der Waals surface area contributed by atoms with Crippen LogP contribution in [0.15, 0.2) is 52.3 Å². The summed E-state index contributed by atoms with van der Waals surface area (Å²) in [6, 6.07) is 12.5. The number of hydrogen-bond acceptors (Lipinski definition) is 4. The van der Waals surface area contributed by atoms with E-state index in [1.807, 2.05) is 26.0 Å². The second-order valence-electron chi connectivity index (χ2n) is 6.53. The van der Waals surface area contributed by atoms with Gasteiger partial charge in [0.2, 0.25) is 15.9 Å². The van der Waals surface area contributed by atoms with Crippen LogP contribution in [0.25, 0.3) is 0 Å². The maximum Gasteiger partial charge on any atom is 0.240 e. The van der Waals surface area contributed by atoms with Gasteiger partial charge in [-0.15, -0.1) is 11.8 Å². The van der Waals surface area contributed by atoms with Crippen LogP contribution in [0.1, 0.15) is 24.0 Å². The first-order valence-corrected chi connectivity index (χ1v) is 10.9. The minimum atomic E-state index is -3.53. The standard InChI is InChI=1S/C19H22N2O3S2/c1-13-6-7-14(2)18(10-13)25-12-19(22)20-16-4-3-5-17(11-16)26(23,24)21-15-8-9-15/h3-7,10-11,15,21H,8-9,12H2,1-2H3,(H,20,22). The van der Waals surface area contributed by atoms with E-state index in [2.05, 4.69) is 16.1 Å². The third kappa shape index (κ3) is 5.09. The summed E-state index contributed by atoms with van der Waals surface area (Å²) in [5.41, 5.74) is 2.77. The lowest BCUT2D eigenvalue weighted by Gasteiger charge is -2.10. The molecule has 0 aliphatic heterocycles. The zero-order chi connectivity index (χ0) is 18.7. The Morgan fingerprint density at radius 1 is 1.15 bits per heavy atom. The Hall–Kier alpha value is -1.83. The van der Waals surface area contributed by atoms with Crippen LogP contribution in [0.4, 0.5) is 5.69 Å². The summed E-state index contributed by atoms with van der Waals surface area (Å²) in [5.74, 6) is 0.0994. The lowest BCUT2D eigenvalue weighted by atomic mass is 10.2. The van der Waals surface area contributed by atoms with Crippen molar-refractivity contribution >= 4 is 33.4 Å². The number of thioether (sulfide) groups is 1. The van der Waals surface area contributed by atoms with Gasteiger partial charge in [-0.3, -0.25) is 4.79 Å². The lowest BCUT2D eigenvalue weighted by molar-refractivity contribution is -0.113. The molecule has 0 heterocycles. The van der Waals surface area contributed by atoms with Crippen molar-refractivity contribution in [1.29, 1.82) is 0 Å². The molecule has 0 radical (unpaired) electrons. The van der Waals surface area contributed by atoms with Gasteiger partial charge < -0.3 is 5.32 Å². The minimum Gasteiger partial charge on any atom is -0.325 e. The lowest BCUT2D eigenvalue weighted by Crippen LogP contribution is -2.25. The molecule has 1 aliphatic carbocycles. The number of rotatable bonds is 7. The average Bonchev–Trinajstić information content (AvgIpc) is 3.39. The van der Waals surface area contributed by atoms with Crippen molar-refractivity contribution in [3.8, 4) is 0 Å². The van der Waals surface area contributed by atoms with Crippen molar-refractivity contribution in [2.24, 2.45) is 0 Å². The predicted octanol–water partition coefficient (Wildman–Crippen LogP) is 3.47. The Labute approximate surface area is 158 Å². The van der Waals surface area contributed by atoms with Gasteiger partial charge in [-0.25, -0.2) is 13.1 Å². The first-order valence-electron chi connectivity index (χ1n) is 8.46. The van der Waals surface area contributed by atoms with Crippen LogP contribution in [-0.2, 0) is 14.8 Å². The van der Waals surface area contributed by atoms with E-state index < -0.39 is 10.0 Å². The topological polar surface area (TPSA) is 75.3 Å². The molecule has 1 aliphatic rings. The normalized spacial score (nSPS) is 14.2. The maximum absolute atomic E-state index is 12.3. The van der Waals surface area contributed by atoms with E-state index in [1.165, 1.54) is 23.9 Å². The van der Waals surface area contributed by atoms with Gasteiger partial charge >= 0.3 is 0 Å². The predicted molar refractivity (Wildman–Crippen MR) is 105 cm³/mol. The second kappa shape index (κ2) is 7.82. The number of nitrogens with one attached hydrogen (secondary N) is 2. The fourth-order valence-electron chi connectivity index (χ4n) is 2.43. The van der Waals surface area contributed by atoms with E-state index in [4.69, 9.17) is 0 Å². The molecule has 5 nitrogen and oxygen atoms in total. The smallest absolute Gasteiger partial charge is 0.240 e. The Morgan fingerprint density at radius 2 is 1.92 bits per heavy atom. The number of carbonyl (C=O) groups is 1. The molecule has 2 N–H and O–H groups in total. The average molecular weight is 391 g/mol. The van der Waals surface area contributed by atoms with Crippen LogP contribution in [0.5, 0.6) is 0 Å². The first-order chi connectivity index (χ1) is 12.3. The molecule has 1 amide bonds. The number of sulfonamides is 1. The van der Waals surface area contributed by atoms with Crippen LogP contribution < -0.4 is 10.0 Å². The number of hydrogen-bond donors (Lipinski definition) is 2. The Kier molecular flexibility index (Phi) is 5.70. The SMILES string of the molecule is Cc1ccc(C)c(SCC(=O)Nc2cccc(S(=O)(=O)NC3CC3)c2)c1. The van der Waals surface area contributed by atoms with Gasteiger partial charge in [0.15, 0.2) is 0 Å². The molecule has 2 aromatic carbocycles. The Morgan fingerprint density at radius 3 is 2.65 bits per heavy atom. The number of amides is 1. The number of anilines is 1. The molecule has 1 fully saturated rings. The minimum absolute atomic E-state index is 0.0483. The van der Waals surface area contributed by atoms with E-state index in [0.717, 1.165) is 28.9 Å². The van der Waals surface area contributed by atoms with E-state index in [1.54, 1.807) is 12.1 Å². The summed E-state index contributed by atoms with van der Waals surface area (Å²) in [7, 11) is -3.53. The summed E-state index contributed by atoms with van der Waals surface area (Å²) in [5, 5.41) is 2.78. The zero-order valence-electron chi connectivity index (χ0n) is 14.8. The molecule has 0 spiro atoms. The summed E-state index contributed by atoms with van der Waals surface area (Å²) < 4.78 is 27.2. The molecule has 2 aromatic rings. The molecule has 1 saturated carbocycles. The van der Waals surface area contributed by atoms with Gasteiger partial charge in [-0.05, 0) is 56.5 Å². The highest BCUT2D eigenvalue weighted by atomic mass is 32.2. The van der Waals surface area contributed by atoms with Gasteiger partial charge in [0.05, 0.1) is 10.6 Å². The van der Waals surface area contributed by atoms with Gasteiger partial charge in [-0.1, -0.05) is 23.8 Å². The van der Waals surface area contributed by atoms with Crippen molar-refractivity contribution in [2.75, 3.05) is 11.1 Å². The van der Waals surface area contributed by atoms with Gasteiger partial charge in [0.1, 0.15) is 0 Å². The van der Waals surface area contributed by atoms with Crippen LogP contribution in [0.3, 0.4) is 0 Å². The summed E-state index contributed by atoms with van der Waals surface area (Å²) in [4.78, 5) is 13.5. The van der Waals surface area contributed by atoms with Gasteiger partial charge in [0, 0.05) is 16.6 Å². The quantitative estimate of drug-likeness (QED) is 0.710. The molecule has 3 rings (SSSR count). The van der Waals surface area contributed by atoms with E-state index >= 15 is 0 Å². The van der Waals surface area contributed by atoms with Crippen molar-refractivity contribution in [3.63, 3.8) is 0 Å². The summed E-state index contributed by atoms with van der Waals surface area (Å²) >= 11 is 1.47. The van der Waals surface area contributed by atoms with Crippen LogP contribution in [0.2, 0.25) is 0 Å². The number of aryl methyl sites for hydroxylation is 2. The third-order valence-electron chi connectivity index (χ3n) is 4.03. The fraction of sp³-hybridized carbons (Fsp3) is 0.316. The fourth-order valence-corrected chi connectivity index (χ4v) is 4.71. The molecule has 138 valence electrons. The molecular weight excluding hydrogens is 368 g/mol. The van der Waals surface area contributed by atoms with Crippen molar-refractivity contribution < 1.29 is 13.2 Å². The van der Waals surface area contributed by atoms with Crippen molar-refractivity contribution in [1.82, 2.24) is 4.72 Å². The van der Waals surface area contributed by atoms with Crippen LogP contribution in [-0.4, -0.2) is 26.1 Å². The second-order valence-corrected chi connectivity index (χ2v) is 9.26. The monoisotopic (exact) mass is 390 g/mol. The van der Waals surface area contributed by atoms with Crippen molar-refractivity contribution in [3.05, 3.63) is 53.6 Å². The molecular formula is C19H22N2O3S2. The van der Waals surface area contributed by atoms with Crippen molar-refractivity contribution in [2.45, 2.75) is 42.5 Å². The first kappa shape index (κ1) is 18.9. The van der Waals surface area contributed by atoms with Gasteiger partial charge in [-0.2, -0.15) is 0 Å². The van der Waals surface area contributed by atoms with Crippen LogP contribution >= 0.6 is 11.8 Å². The Balaban J connectivity index is 1.62. The van der Waals surface area contributed by atoms with Gasteiger partial charge in [0.25, 0.3) is 0 Å². The molecule has 7 heteroatoms. The molecule has 0 unspecified atom stereocenters. The summed E-state index contributed by atoms with van der Waals surface area (Å²) in [6.45, 7) is 4.03. The van der Waals surface area contributed by atoms with E-state index in [9.17, 15) is 13.2 Å². The van der Waals surface area contributed by atoms with Crippen LogP contribution in [0, 0.1) is 13.8 Å². The maximum atomic E-state index is 12.3. The number of benzene rings is 2. The van der Waals surface area contributed by atoms with E-state index in [-0.39, 0.29) is 22.6 Å². The highest BCUT2D eigenvalue weighted by Crippen LogP contribution is 2.25. The number of carbonyl (C=O) groups excluding carboxylic acids is 1. The third-order valence-corrected chi connectivity index (χ3v) is 6.71. The zero-order valence-corrected chi connectivity index (χ0v) is 16.4. The summed E-state index contributed by atoms with van der Waals surface area (Å²) in [6.07, 6.45) is 1.76. The molecule has 26 heavy (non-hydrogen) atoms. The molecule has 0 saturated heterocycles. The highest BCUT2D eigenvalue weighted by Gasteiger charge is 2.28. The molecule has 0 atom stereocenters. The largest absolute Gasteiger partial charge is 0.325 e. The molecule has 0 aromatic heterocycles. The highest BCUT2D eigenvalue weighted by molar-refractivity contribution is 8.00. The molecule has 0 bridgehead atoms.